The van der Waals surface area contributed by atoms with Crippen molar-refractivity contribution in [2.24, 2.45) is 5.92 Å². The monoisotopic (exact) mass is 383 g/mol. The van der Waals surface area contributed by atoms with Crippen LogP contribution in [0.25, 0.3) is 11.5 Å². The number of ether oxygens (including phenoxy) is 1. The molecule has 28 heavy (non-hydrogen) atoms. The smallest absolute Gasteiger partial charge is 0.230 e. The molecule has 1 N–H and O–H groups in total. The average molecular weight is 383 g/mol. The number of aliphatic hydroxyl groups excluding tert-OH is 1. The van der Waals surface area contributed by atoms with Crippen molar-refractivity contribution in [2.45, 2.75) is 32.9 Å². The van der Waals surface area contributed by atoms with Crippen LogP contribution in [-0.2, 0) is 13.0 Å². The molecule has 1 aromatic carbocycles. The third kappa shape index (κ3) is 3.81. The maximum atomic E-state index is 10.5. The van der Waals surface area contributed by atoms with Gasteiger partial charge in [-0.1, -0.05) is 17.3 Å². The van der Waals surface area contributed by atoms with Crippen LogP contribution >= 0.6 is 0 Å². The van der Waals surface area contributed by atoms with Crippen LogP contribution in [0.4, 0.5) is 0 Å². The van der Waals surface area contributed by atoms with E-state index in [4.69, 9.17) is 18.7 Å². The summed E-state index contributed by atoms with van der Waals surface area (Å²) in [7, 11) is 1.64. The van der Waals surface area contributed by atoms with Gasteiger partial charge in [0.1, 0.15) is 17.3 Å². The third-order valence-electron chi connectivity index (χ3n) is 5.23. The minimum absolute atomic E-state index is 0.119. The predicted octanol–water partition coefficient (Wildman–Crippen LogP) is 2.99. The summed E-state index contributed by atoms with van der Waals surface area (Å²) in [5.74, 6) is 3.00. The highest BCUT2D eigenvalue weighted by Crippen LogP contribution is 2.31. The first-order valence-corrected chi connectivity index (χ1v) is 9.45. The molecule has 4 rings (SSSR count). The van der Waals surface area contributed by atoms with Crippen molar-refractivity contribution in [3.8, 4) is 17.2 Å². The van der Waals surface area contributed by atoms with Crippen LogP contribution in [0.15, 0.2) is 39.3 Å². The standard InChI is InChI=1S/C21H25N3O4/c1-13-8-16(28-23-13)9-15-10-24(12-19(15)25)11-18-14(2)27-21(22-18)17-6-4-5-7-20(17)26-3/h4-8,15,19,25H,9-12H2,1-3H3/t15-,19+/m1/s1. The van der Waals surface area contributed by atoms with Gasteiger partial charge in [0, 0.05) is 38.0 Å². The maximum absolute atomic E-state index is 10.5. The number of nitrogens with zero attached hydrogens (tertiary/aromatic N) is 3. The van der Waals surface area contributed by atoms with Gasteiger partial charge in [0.2, 0.25) is 5.89 Å². The number of methoxy groups -OCH3 is 1. The Morgan fingerprint density at radius 1 is 1.25 bits per heavy atom. The molecule has 7 nitrogen and oxygen atoms in total. The minimum Gasteiger partial charge on any atom is -0.496 e. The number of rotatable bonds is 6. The molecule has 3 aromatic rings. The quantitative estimate of drug-likeness (QED) is 0.700. The number of aromatic nitrogens is 2. The Morgan fingerprint density at radius 2 is 2.07 bits per heavy atom. The molecule has 148 valence electrons. The fourth-order valence-corrected chi connectivity index (χ4v) is 3.77. The number of likely N-dealkylation sites (tertiary alicyclic amines) is 1. The van der Waals surface area contributed by atoms with Crippen molar-refractivity contribution < 1.29 is 18.8 Å². The van der Waals surface area contributed by atoms with Gasteiger partial charge in [0.15, 0.2) is 0 Å². The Morgan fingerprint density at radius 3 is 2.82 bits per heavy atom. The van der Waals surface area contributed by atoms with Gasteiger partial charge < -0.3 is 18.8 Å². The van der Waals surface area contributed by atoms with E-state index in [1.54, 1.807) is 7.11 Å². The van der Waals surface area contributed by atoms with E-state index in [9.17, 15) is 5.11 Å². The Labute approximate surface area is 163 Å². The highest BCUT2D eigenvalue weighted by atomic mass is 16.5. The summed E-state index contributed by atoms with van der Waals surface area (Å²) in [5, 5.41) is 14.4. The van der Waals surface area contributed by atoms with Crippen molar-refractivity contribution >= 4 is 0 Å². The molecule has 1 fully saturated rings. The summed E-state index contributed by atoms with van der Waals surface area (Å²) < 4.78 is 16.6. The van der Waals surface area contributed by atoms with E-state index in [0.717, 1.165) is 40.8 Å². The number of benzene rings is 1. The van der Waals surface area contributed by atoms with E-state index >= 15 is 0 Å². The molecule has 0 amide bonds. The SMILES string of the molecule is COc1ccccc1-c1nc(CN2C[C@@H](Cc3cc(C)no3)[C@@H](O)C2)c(C)o1. The van der Waals surface area contributed by atoms with Crippen LogP contribution in [0.2, 0.25) is 0 Å². The normalized spacial score (nSPS) is 20.0. The van der Waals surface area contributed by atoms with Crippen molar-refractivity contribution in [3.63, 3.8) is 0 Å². The first-order chi connectivity index (χ1) is 13.5. The number of aliphatic hydroxyl groups is 1. The van der Waals surface area contributed by atoms with Crippen LogP contribution in [-0.4, -0.2) is 46.5 Å². The van der Waals surface area contributed by atoms with Crippen LogP contribution in [0.3, 0.4) is 0 Å². The van der Waals surface area contributed by atoms with Gasteiger partial charge in [-0.3, -0.25) is 4.90 Å². The molecule has 0 bridgehead atoms. The second-order valence-electron chi connectivity index (χ2n) is 7.38. The number of β-amino-alcohol motifs (C(OH)–C–C–N with tert-alkyl or cyclic N) is 1. The molecule has 2 atom stereocenters. The van der Waals surface area contributed by atoms with Gasteiger partial charge in [-0.15, -0.1) is 0 Å². The van der Waals surface area contributed by atoms with Gasteiger partial charge >= 0.3 is 0 Å². The molecule has 0 aliphatic carbocycles. The largest absolute Gasteiger partial charge is 0.496 e. The summed E-state index contributed by atoms with van der Waals surface area (Å²) in [6.45, 7) is 5.83. The zero-order chi connectivity index (χ0) is 19.7. The van der Waals surface area contributed by atoms with Crippen molar-refractivity contribution in [1.29, 1.82) is 0 Å². The molecule has 3 heterocycles. The lowest BCUT2D eigenvalue weighted by atomic mass is 10.0. The number of aryl methyl sites for hydroxylation is 2. The number of hydrogen-bond acceptors (Lipinski definition) is 7. The average Bonchev–Trinajstić information content (AvgIpc) is 3.36. The van der Waals surface area contributed by atoms with Crippen LogP contribution in [0, 0.1) is 19.8 Å². The van der Waals surface area contributed by atoms with Gasteiger partial charge in [-0.05, 0) is 26.0 Å². The lowest BCUT2D eigenvalue weighted by Crippen LogP contribution is -2.22. The highest BCUT2D eigenvalue weighted by Gasteiger charge is 2.33. The summed E-state index contributed by atoms with van der Waals surface area (Å²) in [5.41, 5.74) is 2.57. The van der Waals surface area contributed by atoms with Crippen molar-refractivity contribution in [1.82, 2.24) is 15.0 Å². The Kier molecular flexibility index (Phi) is 5.19. The predicted molar refractivity (Wildman–Crippen MR) is 103 cm³/mol. The fourth-order valence-electron chi connectivity index (χ4n) is 3.77. The van der Waals surface area contributed by atoms with E-state index in [1.807, 2.05) is 44.2 Å². The number of hydrogen-bond donors (Lipinski definition) is 1. The molecule has 1 aliphatic heterocycles. The number of para-hydroxylation sites is 1. The third-order valence-corrected chi connectivity index (χ3v) is 5.23. The molecule has 0 unspecified atom stereocenters. The van der Waals surface area contributed by atoms with Gasteiger partial charge in [-0.25, -0.2) is 4.98 Å². The van der Waals surface area contributed by atoms with Gasteiger partial charge in [-0.2, -0.15) is 0 Å². The Hall–Kier alpha value is -2.64. The molecule has 1 saturated heterocycles. The Bertz CT molecular complexity index is 949. The maximum Gasteiger partial charge on any atom is 0.230 e. The highest BCUT2D eigenvalue weighted by molar-refractivity contribution is 5.62. The first kappa shape index (κ1) is 18.7. The van der Waals surface area contributed by atoms with Gasteiger partial charge in [0.25, 0.3) is 0 Å². The van der Waals surface area contributed by atoms with E-state index in [0.29, 0.717) is 25.4 Å². The van der Waals surface area contributed by atoms with E-state index in [1.165, 1.54) is 0 Å². The number of oxazole rings is 1. The topological polar surface area (TPSA) is 84.8 Å². The summed E-state index contributed by atoms with van der Waals surface area (Å²) in [6, 6.07) is 9.60. The fraction of sp³-hybridized carbons (Fsp3) is 0.429. The zero-order valence-corrected chi connectivity index (χ0v) is 16.4. The van der Waals surface area contributed by atoms with Crippen molar-refractivity contribution in [3.05, 3.63) is 53.2 Å². The summed E-state index contributed by atoms with van der Waals surface area (Å²) >= 11 is 0. The van der Waals surface area contributed by atoms with Crippen LogP contribution in [0.1, 0.15) is 22.9 Å². The lowest BCUT2D eigenvalue weighted by molar-refractivity contribution is 0.137. The molecule has 7 heteroatoms. The first-order valence-electron chi connectivity index (χ1n) is 9.45. The summed E-state index contributed by atoms with van der Waals surface area (Å²) in [6.07, 6.45) is 0.286. The molecule has 1 aliphatic rings. The van der Waals surface area contributed by atoms with E-state index in [2.05, 4.69) is 10.1 Å². The zero-order valence-electron chi connectivity index (χ0n) is 16.4. The van der Waals surface area contributed by atoms with E-state index in [-0.39, 0.29) is 5.92 Å². The minimum atomic E-state index is -0.397. The van der Waals surface area contributed by atoms with Crippen molar-refractivity contribution in [2.75, 3.05) is 20.2 Å². The van der Waals surface area contributed by atoms with E-state index < -0.39 is 6.10 Å². The van der Waals surface area contributed by atoms with Gasteiger partial charge in [0.05, 0.1) is 30.2 Å². The lowest BCUT2D eigenvalue weighted by Gasteiger charge is -2.13. The molecule has 0 saturated carbocycles. The second-order valence-corrected chi connectivity index (χ2v) is 7.38. The molecule has 0 radical (unpaired) electrons. The molecule has 0 spiro atoms. The second kappa shape index (κ2) is 7.77. The molecular weight excluding hydrogens is 358 g/mol. The summed E-state index contributed by atoms with van der Waals surface area (Å²) in [4.78, 5) is 6.89. The van der Waals surface area contributed by atoms with Crippen LogP contribution in [0.5, 0.6) is 5.75 Å². The van der Waals surface area contributed by atoms with Crippen LogP contribution < -0.4 is 4.74 Å². The molecular formula is C21H25N3O4. The molecule has 2 aromatic heterocycles. The Balaban J connectivity index is 1.45.